The van der Waals surface area contributed by atoms with E-state index in [-0.39, 0.29) is 27.1 Å². The first kappa shape index (κ1) is 23.4. The van der Waals surface area contributed by atoms with E-state index in [2.05, 4.69) is 15.5 Å². The molecule has 0 aliphatic rings. The third-order valence-corrected chi connectivity index (χ3v) is 8.07. The van der Waals surface area contributed by atoms with Crippen LogP contribution in [0.4, 0.5) is 5.13 Å². The molecule has 0 atom stereocenters. The van der Waals surface area contributed by atoms with E-state index in [4.69, 9.17) is 11.6 Å². The normalized spacial score (nSPS) is 11.5. The molecule has 0 saturated heterocycles. The third-order valence-electron chi connectivity index (χ3n) is 4.01. The molecule has 3 aromatic rings. The van der Waals surface area contributed by atoms with E-state index in [1.807, 2.05) is 0 Å². The van der Waals surface area contributed by atoms with Gasteiger partial charge in [-0.3, -0.25) is 14.9 Å². The van der Waals surface area contributed by atoms with Crippen LogP contribution in [0.5, 0.6) is 0 Å². The fraction of sp³-hybridized carbons (Fsp3) is 0.158. The van der Waals surface area contributed by atoms with E-state index in [0.29, 0.717) is 14.9 Å². The Morgan fingerprint density at radius 2 is 1.65 bits per heavy atom. The fourth-order valence-corrected chi connectivity index (χ4v) is 4.99. The maximum absolute atomic E-state index is 12.4. The van der Waals surface area contributed by atoms with Crippen molar-refractivity contribution in [3.8, 4) is 0 Å². The first-order valence-electron chi connectivity index (χ1n) is 8.76. The molecule has 3 rings (SSSR count). The topological polar surface area (TPSA) is 109 Å². The number of amides is 1. The molecule has 1 aromatic heterocycles. The molecular formula is C19H17ClN4O4S3. The van der Waals surface area contributed by atoms with Gasteiger partial charge in [0.2, 0.25) is 15.2 Å². The van der Waals surface area contributed by atoms with Crippen molar-refractivity contribution in [3.05, 3.63) is 64.7 Å². The van der Waals surface area contributed by atoms with E-state index < -0.39 is 15.9 Å². The molecule has 0 radical (unpaired) electrons. The van der Waals surface area contributed by atoms with Crippen molar-refractivity contribution in [2.45, 2.75) is 9.24 Å². The molecule has 0 unspecified atom stereocenters. The number of ketones is 1. The number of thioether (sulfide) groups is 1. The minimum absolute atomic E-state index is 0.0739. The van der Waals surface area contributed by atoms with Crippen molar-refractivity contribution in [1.29, 1.82) is 0 Å². The average Bonchev–Trinajstić information content (AvgIpc) is 3.19. The lowest BCUT2D eigenvalue weighted by molar-refractivity contribution is 0.101. The summed E-state index contributed by atoms with van der Waals surface area (Å²) < 4.78 is 25.8. The summed E-state index contributed by atoms with van der Waals surface area (Å²) in [5, 5.41) is 11.3. The van der Waals surface area contributed by atoms with E-state index in [0.717, 1.165) is 15.6 Å². The maximum atomic E-state index is 12.4. The van der Waals surface area contributed by atoms with Crippen molar-refractivity contribution >= 4 is 61.5 Å². The minimum atomic E-state index is -3.57. The number of Topliss-reactive ketones (excluding diaryl/α,β-unsaturated/α-hetero) is 1. The number of halogens is 1. The summed E-state index contributed by atoms with van der Waals surface area (Å²) in [6.07, 6.45) is 0. The Labute approximate surface area is 192 Å². The van der Waals surface area contributed by atoms with Crippen molar-refractivity contribution < 1.29 is 18.0 Å². The first-order valence-corrected chi connectivity index (χ1v) is 12.4. The largest absolute Gasteiger partial charge is 0.296 e. The first-order chi connectivity index (χ1) is 14.7. The smallest absolute Gasteiger partial charge is 0.257 e. The number of hydrogen-bond acceptors (Lipinski definition) is 8. The Kier molecular flexibility index (Phi) is 7.44. The Morgan fingerprint density at radius 3 is 2.26 bits per heavy atom. The summed E-state index contributed by atoms with van der Waals surface area (Å²) in [4.78, 5) is 24.7. The summed E-state index contributed by atoms with van der Waals surface area (Å²) in [7, 11) is -0.697. The average molecular weight is 497 g/mol. The van der Waals surface area contributed by atoms with Crippen LogP contribution in [0, 0.1) is 0 Å². The van der Waals surface area contributed by atoms with Gasteiger partial charge >= 0.3 is 0 Å². The van der Waals surface area contributed by atoms with Gasteiger partial charge in [0, 0.05) is 30.2 Å². The van der Waals surface area contributed by atoms with Crippen molar-refractivity contribution in [2.75, 3.05) is 25.2 Å². The lowest BCUT2D eigenvalue weighted by atomic mass is 10.1. The van der Waals surface area contributed by atoms with E-state index in [1.165, 1.54) is 50.1 Å². The van der Waals surface area contributed by atoms with Gasteiger partial charge < -0.3 is 0 Å². The van der Waals surface area contributed by atoms with Crippen molar-refractivity contribution in [3.63, 3.8) is 0 Å². The molecule has 2 aromatic carbocycles. The second kappa shape index (κ2) is 9.88. The standard InChI is InChI=1S/C19H17ClN4O4S3/c1-24(2)31(27,28)15-9-5-13(6-10-15)17(26)21-18-22-23-19(30-18)29-11-16(25)12-3-7-14(20)8-4-12/h3-10H,11H2,1-2H3,(H,21,22,26). The zero-order chi connectivity index (χ0) is 22.6. The van der Waals surface area contributed by atoms with Crippen LogP contribution in [0.3, 0.4) is 0 Å². The van der Waals surface area contributed by atoms with Crippen LogP contribution in [-0.4, -0.2) is 54.5 Å². The SMILES string of the molecule is CN(C)S(=O)(=O)c1ccc(C(=O)Nc2nnc(SCC(=O)c3ccc(Cl)cc3)s2)cc1. The number of nitrogens with one attached hydrogen (secondary N) is 1. The summed E-state index contributed by atoms with van der Waals surface area (Å²) in [6.45, 7) is 0. The number of nitrogens with zero attached hydrogens (tertiary/aromatic N) is 3. The highest BCUT2D eigenvalue weighted by Crippen LogP contribution is 2.27. The van der Waals surface area contributed by atoms with Crippen LogP contribution in [0.1, 0.15) is 20.7 Å². The number of rotatable bonds is 8. The van der Waals surface area contributed by atoms with Crippen LogP contribution in [-0.2, 0) is 10.0 Å². The second-order valence-electron chi connectivity index (χ2n) is 6.36. The molecule has 1 amide bonds. The van der Waals surface area contributed by atoms with Crippen LogP contribution in [0.15, 0.2) is 57.8 Å². The van der Waals surface area contributed by atoms with Gasteiger partial charge in [-0.15, -0.1) is 10.2 Å². The van der Waals surface area contributed by atoms with Gasteiger partial charge in [0.1, 0.15) is 0 Å². The molecule has 0 aliphatic heterocycles. The van der Waals surface area contributed by atoms with Gasteiger partial charge in [-0.25, -0.2) is 12.7 Å². The molecule has 0 saturated carbocycles. The molecule has 1 N–H and O–H groups in total. The zero-order valence-corrected chi connectivity index (χ0v) is 19.6. The highest BCUT2D eigenvalue weighted by atomic mass is 35.5. The number of aromatic nitrogens is 2. The Morgan fingerprint density at radius 1 is 1.03 bits per heavy atom. The number of carbonyl (C=O) groups is 2. The Hall–Kier alpha value is -2.31. The summed E-state index contributed by atoms with van der Waals surface area (Å²) in [5.74, 6) is -0.347. The van der Waals surface area contributed by atoms with E-state index >= 15 is 0 Å². The van der Waals surface area contributed by atoms with E-state index in [9.17, 15) is 18.0 Å². The molecule has 162 valence electrons. The summed E-state index contributed by atoms with van der Waals surface area (Å²) in [5.41, 5.74) is 0.828. The van der Waals surface area contributed by atoms with Crippen LogP contribution < -0.4 is 5.32 Å². The van der Waals surface area contributed by atoms with Gasteiger partial charge in [0.15, 0.2) is 10.1 Å². The van der Waals surface area contributed by atoms with Gasteiger partial charge in [-0.1, -0.05) is 34.7 Å². The predicted octanol–water partition coefficient (Wildman–Crippen LogP) is 3.67. The molecule has 0 spiro atoms. The maximum Gasteiger partial charge on any atom is 0.257 e. The number of benzene rings is 2. The monoisotopic (exact) mass is 496 g/mol. The molecule has 8 nitrogen and oxygen atoms in total. The number of carbonyl (C=O) groups excluding carboxylic acids is 2. The molecular weight excluding hydrogens is 480 g/mol. The van der Waals surface area contributed by atoms with Crippen molar-refractivity contribution in [1.82, 2.24) is 14.5 Å². The van der Waals surface area contributed by atoms with Gasteiger partial charge in [0.25, 0.3) is 5.91 Å². The molecule has 0 aliphatic carbocycles. The van der Waals surface area contributed by atoms with Crippen LogP contribution in [0.25, 0.3) is 0 Å². The van der Waals surface area contributed by atoms with Crippen molar-refractivity contribution in [2.24, 2.45) is 0 Å². The molecule has 0 bridgehead atoms. The lowest BCUT2D eigenvalue weighted by Gasteiger charge is -2.11. The van der Waals surface area contributed by atoms with Crippen LogP contribution >= 0.6 is 34.7 Å². The second-order valence-corrected chi connectivity index (χ2v) is 11.1. The van der Waals surface area contributed by atoms with Gasteiger partial charge in [0.05, 0.1) is 10.6 Å². The number of anilines is 1. The molecule has 31 heavy (non-hydrogen) atoms. The molecule has 12 heteroatoms. The van der Waals surface area contributed by atoms with E-state index in [1.54, 1.807) is 24.3 Å². The highest BCUT2D eigenvalue weighted by Gasteiger charge is 2.18. The zero-order valence-electron chi connectivity index (χ0n) is 16.4. The fourth-order valence-electron chi connectivity index (χ4n) is 2.32. The van der Waals surface area contributed by atoms with Gasteiger partial charge in [-0.2, -0.15) is 0 Å². The Bertz CT molecular complexity index is 1190. The number of sulfonamides is 1. The predicted molar refractivity (Wildman–Crippen MR) is 122 cm³/mol. The van der Waals surface area contributed by atoms with Gasteiger partial charge in [-0.05, 0) is 48.5 Å². The minimum Gasteiger partial charge on any atom is -0.296 e. The quantitative estimate of drug-likeness (QED) is 0.288. The Balaban J connectivity index is 1.58. The highest BCUT2D eigenvalue weighted by molar-refractivity contribution is 8.01. The third kappa shape index (κ3) is 5.89. The molecule has 0 fully saturated rings. The number of hydrogen-bond donors (Lipinski definition) is 1. The summed E-state index contributed by atoms with van der Waals surface area (Å²) >= 11 is 8.18. The lowest BCUT2D eigenvalue weighted by Crippen LogP contribution is -2.22. The van der Waals surface area contributed by atoms with Crippen LogP contribution in [0.2, 0.25) is 5.02 Å². The summed E-state index contributed by atoms with van der Waals surface area (Å²) in [6, 6.07) is 12.2. The molecule has 1 heterocycles.